The summed E-state index contributed by atoms with van der Waals surface area (Å²) in [7, 11) is 4.38. The first kappa shape index (κ1) is 20.7. The van der Waals surface area contributed by atoms with Gasteiger partial charge in [0.05, 0.1) is 6.54 Å². The predicted octanol–water partition coefficient (Wildman–Crippen LogP) is 2.86. The van der Waals surface area contributed by atoms with Crippen LogP contribution in [0.25, 0.3) is 0 Å². The van der Waals surface area contributed by atoms with Crippen LogP contribution >= 0.6 is 24.0 Å². The lowest BCUT2D eigenvalue weighted by Crippen LogP contribution is -2.51. The number of aliphatic imine (C=N–C) groups is 1. The first-order chi connectivity index (χ1) is 9.54. The molecule has 4 nitrogen and oxygen atoms in total. The lowest BCUT2D eigenvalue weighted by atomic mass is 9.75. The van der Waals surface area contributed by atoms with E-state index >= 15 is 0 Å². The molecule has 0 radical (unpaired) electrons. The van der Waals surface area contributed by atoms with Crippen LogP contribution in [0.5, 0.6) is 0 Å². The molecule has 1 aliphatic rings. The average molecular weight is 408 g/mol. The van der Waals surface area contributed by atoms with E-state index in [1.165, 1.54) is 25.7 Å². The summed E-state index contributed by atoms with van der Waals surface area (Å²) in [5, 5.41) is 6.58. The van der Waals surface area contributed by atoms with Crippen LogP contribution in [0.4, 0.5) is 0 Å². The highest BCUT2D eigenvalue weighted by molar-refractivity contribution is 14.0. The highest BCUT2D eigenvalue weighted by Crippen LogP contribution is 2.35. The quantitative estimate of drug-likeness (QED) is 0.307. The first-order valence-electron chi connectivity index (χ1n) is 7.84. The van der Waals surface area contributed by atoms with Gasteiger partial charge in [-0.25, -0.2) is 0 Å². The maximum absolute atomic E-state index is 4.81. The Morgan fingerprint density at radius 1 is 1.43 bits per heavy atom. The Kier molecular flexibility index (Phi) is 10.3. The molecule has 2 N–H and O–H groups in total. The van der Waals surface area contributed by atoms with Gasteiger partial charge in [-0.3, -0.25) is 4.99 Å². The Hall–Kier alpha value is -0.300. The molecule has 124 valence electrons. The van der Waals surface area contributed by atoms with Gasteiger partial charge in [-0.15, -0.1) is 30.6 Å². The van der Waals surface area contributed by atoms with Gasteiger partial charge >= 0.3 is 0 Å². The molecule has 0 saturated heterocycles. The SMILES string of the molecule is C=CCNC(=NCC1(N(C)C)CCCC(C)C1)NCC.I. The van der Waals surface area contributed by atoms with Gasteiger partial charge in [0.25, 0.3) is 0 Å². The monoisotopic (exact) mass is 408 g/mol. The van der Waals surface area contributed by atoms with Gasteiger partial charge in [-0.05, 0) is 39.8 Å². The third kappa shape index (κ3) is 6.55. The topological polar surface area (TPSA) is 39.7 Å². The van der Waals surface area contributed by atoms with E-state index < -0.39 is 0 Å². The number of rotatable bonds is 6. The van der Waals surface area contributed by atoms with Gasteiger partial charge in [0.15, 0.2) is 5.96 Å². The van der Waals surface area contributed by atoms with Crippen molar-refractivity contribution in [3.8, 4) is 0 Å². The summed E-state index contributed by atoms with van der Waals surface area (Å²) in [5.74, 6) is 1.69. The molecule has 0 aromatic heterocycles. The van der Waals surface area contributed by atoms with E-state index in [9.17, 15) is 0 Å². The minimum absolute atomic E-state index is 0. The molecule has 0 aromatic rings. The van der Waals surface area contributed by atoms with E-state index in [1.807, 2.05) is 6.08 Å². The van der Waals surface area contributed by atoms with Crippen LogP contribution in [0.3, 0.4) is 0 Å². The molecular formula is C16H33IN4. The summed E-state index contributed by atoms with van der Waals surface area (Å²) < 4.78 is 0. The van der Waals surface area contributed by atoms with Crippen LogP contribution in [0.15, 0.2) is 17.6 Å². The average Bonchev–Trinajstić information content (AvgIpc) is 2.42. The minimum atomic E-state index is 0. The number of hydrogen-bond donors (Lipinski definition) is 2. The Bertz CT molecular complexity index is 330. The molecule has 1 fully saturated rings. The summed E-state index contributed by atoms with van der Waals surface area (Å²) in [6.07, 6.45) is 7.01. The first-order valence-corrected chi connectivity index (χ1v) is 7.84. The van der Waals surface area contributed by atoms with Crippen LogP contribution in [-0.2, 0) is 0 Å². The van der Waals surface area contributed by atoms with Crippen molar-refractivity contribution in [2.75, 3.05) is 33.7 Å². The molecule has 2 unspecified atom stereocenters. The molecule has 0 aliphatic heterocycles. The third-order valence-corrected chi connectivity index (χ3v) is 4.31. The largest absolute Gasteiger partial charge is 0.357 e. The van der Waals surface area contributed by atoms with Gasteiger partial charge in [0.2, 0.25) is 0 Å². The second kappa shape index (κ2) is 10.4. The molecule has 1 aliphatic carbocycles. The minimum Gasteiger partial charge on any atom is -0.357 e. The molecule has 1 rings (SSSR count). The zero-order chi connectivity index (χ0) is 15.0. The number of halogens is 1. The number of hydrogen-bond acceptors (Lipinski definition) is 2. The molecule has 5 heteroatoms. The molecule has 0 aromatic carbocycles. The summed E-state index contributed by atoms with van der Waals surface area (Å²) >= 11 is 0. The fraction of sp³-hybridized carbons (Fsp3) is 0.812. The Labute approximate surface area is 147 Å². The molecule has 0 heterocycles. The molecular weight excluding hydrogens is 375 g/mol. The van der Waals surface area contributed by atoms with Gasteiger partial charge in [0.1, 0.15) is 0 Å². The fourth-order valence-corrected chi connectivity index (χ4v) is 3.06. The van der Waals surface area contributed by atoms with Gasteiger partial charge < -0.3 is 15.5 Å². The maximum Gasteiger partial charge on any atom is 0.191 e. The lowest BCUT2D eigenvalue weighted by Gasteiger charge is -2.44. The number of guanidine groups is 1. The van der Waals surface area contributed by atoms with Crippen LogP contribution < -0.4 is 10.6 Å². The Morgan fingerprint density at radius 3 is 2.67 bits per heavy atom. The van der Waals surface area contributed by atoms with Gasteiger partial charge in [-0.2, -0.15) is 0 Å². The number of nitrogens with one attached hydrogen (secondary N) is 2. The summed E-state index contributed by atoms with van der Waals surface area (Å²) in [5.41, 5.74) is 0.216. The van der Waals surface area contributed by atoms with E-state index in [1.54, 1.807) is 0 Å². The summed E-state index contributed by atoms with van der Waals surface area (Å²) in [4.78, 5) is 7.19. The molecule has 0 bridgehead atoms. The molecule has 1 saturated carbocycles. The fourth-order valence-electron chi connectivity index (χ4n) is 3.06. The van der Waals surface area contributed by atoms with Crippen molar-refractivity contribution in [3.63, 3.8) is 0 Å². The molecule has 0 amide bonds. The predicted molar refractivity (Wildman–Crippen MR) is 104 cm³/mol. The zero-order valence-electron chi connectivity index (χ0n) is 14.1. The highest BCUT2D eigenvalue weighted by atomic mass is 127. The van der Waals surface area contributed by atoms with Crippen molar-refractivity contribution in [2.24, 2.45) is 10.9 Å². The van der Waals surface area contributed by atoms with E-state index in [0.717, 1.165) is 31.5 Å². The standard InChI is InChI=1S/C16H32N4.HI/c1-6-11-18-15(17-7-2)19-13-16(20(4)5)10-8-9-14(3)12-16;/h6,14H,1,7-13H2,2-5H3,(H2,17,18,19);1H. The van der Waals surface area contributed by atoms with Crippen molar-refractivity contribution in [1.82, 2.24) is 15.5 Å². The highest BCUT2D eigenvalue weighted by Gasteiger charge is 2.36. The number of nitrogens with zero attached hydrogens (tertiary/aromatic N) is 2. The third-order valence-electron chi connectivity index (χ3n) is 4.31. The summed E-state index contributed by atoms with van der Waals surface area (Å²) in [6.45, 7) is 10.7. The van der Waals surface area contributed by atoms with E-state index in [0.29, 0.717) is 0 Å². The van der Waals surface area contributed by atoms with Crippen molar-refractivity contribution in [1.29, 1.82) is 0 Å². The van der Waals surface area contributed by atoms with Crippen molar-refractivity contribution < 1.29 is 0 Å². The Balaban J connectivity index is 0.00000400. The second-order valence-electron chi connectivity index (χ2n) is 6.19. The molecule has 0 spiro atoms. The van der Waals surface area contributed by atoms with Crippen LogP contribution in [-0.4, -0.2) is 50.1 Å². The van der Waals surface area contributed by atoms with Crippen molar-refractivity contribution in [2.45, 2.75) is 45.1 Å². The molecule has 21 heavy (non-hydrogen) atoms. The zero-order valence-corrected chi connectivity index (χ0v) is 16.4. The normalized spacial score (nSPS) is 26.1. The second-order valence-corrected chi connectivity index (χ2v) is 6.19. The van der Waals surface area contributed by atoms with Crippen molar-refractivity contribution in [3.05, 3.63) is 12.7 Å². The van der Waals surface area contributed by atoms with Gasteiger partial charge in [0, 0.05) is 18.6 Å². The van der Waals surface area contributed by atoms with E-state index in [4.69, 9.17) is 4.99 Å². The number of likely N-dealkylation sites (N-methyl/N-ethyl adjacent to an activating group) is 1. The van der Waals surface area contributed by atoms with Crippen LogP contribution in [0.1, 0.15) is 39.5 Å². The lowest BCUT2D eigenvalue weighted by molar-refractivity contribution is 0.0845. The summed E-state index contributed by atoms with van der Waals surface area (Å²) in [6, 6.07) is 0. The van der Waals surface area contributed by atoms with Crippen LogP contribution in [0, 0.1) is 5.92 Å². The van der Waals surface area contributed by atoms with Crippen LogP contribution in [0.2, 0.25) is 0 Å². The van der Waals surface area contributed by atoms with Crippen molar-refractivity contribution >= 4 is 29.9 Å². The van der Waals surface area contributed by atoms with Gasteiger partial charge in [-0.1, -0.05) is 25.8 Å². The smallest absolute Gasteiger partial charge is 0.191 e. The molecule has 2 atom stereocenters. The maximum atomic E-state index is 4.81. The van der Waals surface area contributed by atoms with E-state index in [-0.39, 0.29) is 29.5 Å². The Morgan fingerprint density at radius 2 is 2.14 bits per heavy atom. The van der Waals surface area contributed by atoms with E-state index in [2.05, 4.69) is 50.1 Å².